The number of thiazole rings is 1. The van der Waals surface area contributed by atoms with E-state index >= 15 is 0 Å². The molecule has 0 bridgehead atoms. The van der Waals surface area contributed by atoms with Crippen molar-refractivity contribution in [2.75, 3.05) is 23.0 Å². The van der Waals surface area contributed by atoms with Crippen LogP contribution in [0, 0.1) is 0 Å². The number of hydrogen-bond acceptors (Lipinski definition) is 8. The van der Waals surface area contributed by atoms with Gasteiger partial charge in [-0.15, -0.1) is 11.8 Å². The number of nitrogen functional groups attached to an aromatic ring is 1. The molecule has 1 aliphatic heterocycles. The van der Waals surface area contributed by atoms with Crippen molar-refractivity contribution in [2.24, 2.45) is 0 Å². The summed E-state index contributed by atoms with van der Waals surface area (Å²) in [6.45, 7) is 0. The molecule has 3 heterocycles. The molecule has 21 heavy (non-hydrogen) atoms. The maximum absolute atomic E-state index is 5.73. The third kappa shape index (κ3) is 2.63. The van der Waals surface area contributed by atoms with Crippen molar-refractivity contribution < 1.29 is 4.52 Å². The van der Waals surface area contributed by atoms with Crippen LogP contribution < -0.4 is 5.73 Å². The van der Waals surface area contributed by atoms with E-state index in [0.29, 0.717) is 16.3 Å². The van der Waals surface area contributed by atoms with Gasteiger partial charge in [0.05, 0.1) is 15.5 Å². The Hall–Kier alpha value is -1.25. The summed E-state index contributed by atoms with van der Waals surface area (Å²) in [6.07, 6.45) is 0. The van der Waals surface area contributed by atoms with Gasteiger partial charge in [0.2, 0.25) is 0 Å². The van der Waals surface area contributed by atoms with Gasteiger partial charge in [0.1, 0.15) is 0 Å². The number of anilines is 1. The monoisotopic (exact) mass is 336 g/mol. The molecule has 5 nitrogen and oxygen atoms in total. The van der Waals surface area contributed by atoms with E-state index in [0.717, 1.165) is 33.1 Å². The summed E-state index contributed by atoms with van der Waals surface area (Å²) in [5.74, 6) is 4.76. The molecule has 108 valence electrons. The summed E-state index contributed by atoms with van der Waals surface area (Å²) in [7, 11) is 0. The Bertz CT molecular complexity index is 779. The van der Waals surface area contributed by atoms with E-state index in [1.165, 1.54) is 17.1 Å². The van der Waals surface area contributed by atoms with Crippen molar-refractivity contribution in [3.05, 3.63) is 24.0 Å². The van der Waals surface area contributed by atoms with Crippen molar-refractivity contribution >= 4 is 50.2 Å². The van der Waals surface area contributed by atoms with Crippen molar-refractivity contribution in [1.29, 1.82) is 0 Å². The SMILES string of the molecule is Nc1nc2ccc(-c3nc(C4CSCCS4)no3)cc2s1. The highest BCUT2D eigenvalue weighted by Crippen LogP contribution is 2.36. The molecule has 1 atom stereocenters. The molecular formula is C13H12N4OS3. The first-order chi connectivity index (χ1) is 10.3. The minimum Gasteiger partial charge on any atom is -0.375 e. The van der Waals surface area contributed by atoms with Crippen LogP contribution in [0.2, 0.25) is 0 Å². The van der Waals surface area contributed by atoms with Crippen molar-refractivity contribution in [1.82, 2.24) is 15.1 Å². The summed E-state index contributed by atoms with van der Waals surface area (Å²) in [6, 6.07) is 5.89. The zero-order chi connectivity index (χ0) is 14.2. The summed E-state index contributed by atoms with van der Waals surface area (Å²) < 4.78 is 6.46. The number of nitrogens with zero attached hydrogens (tertiary/aromatic N) is 3. The first kappa shape index (κ1) is 13.4. The molecule has 1 unspecified atom stereocenters. The first-order valence-corrected chi connectivity index (χ1v) is 9.51. The summed E-state index contributed by atoms with van der Waals surface area (Å²) in [4.78, 5) is 8.81. The molecule has 2 aromatic heterocycles. The molecule has 3 aromatic rings. The number of rotatable bonds is 2. The van der Waals surface area contributed by atoms with Crippen LogP contribution in [0.1, 0.15) is 11.1 Å². The molecule has 1 aliphatic rings. The van der Waals surface area contributed by atoms with Gasteiger partial charge in [-0.05, 0) is 18.2 Å². The van der Waals surface area contributed by atoms with Crippen LogP contribution in [0.15, 0.2) is 22.7 Å². The second kappa shape index (κ2) is 5.51. The molecule has 2 N–H and O–H groups in total. The highest BCUT2D eigenvalue weighted by atomic mass is 32.2. The lowest BCUT2D eigenvalue weighted by molar-refractivity contribution is 0.423. The van der Waals surface area contributed by atoms with E-state index < -0.39 is 0 Å². The third-order valence-electron chi connectivity index (χ3n) is 3.20. The van der Waals surface area contributed by atoms with Gasteiger partial charge in [0, 0.05) is 22.8 Å². The maximum atomic E-state index is 5.73. The van der Waals surface area contributed by atoms with Gasteiger partial charge in [0.25, 0.3) is 5.89 Å². The van der Waals surface area contributed by atoms with Crippen LogP contribution in [-0.2, 0) is 0 Å². The molecule has 4 rings (SSSR count). The quantitative estimate of drug-likeness (QED) is 0.768. The Labute approximate surface area is 133 Å². The predicted octanol–water partition coefficient (Wildman–Crippen LogP) is 3.45. The molecule has 1 saturated heterocycles. The minimum absolute atomic E-state index is 0.337. The Morgan fingerprint density at radius 1 is 1.24 bits per heavy atom. The molecular weight excluding hydrogens is 324 g/mol. The fraction of sp³-hybridized carbons (Fsp3) is 0.308. The number of thioether (sulfide) groups is 2. The number of benzene rings is 1. The topological polar surface area (TPSA) is 77.8 Å². The van der Waals surface area contributed by atoms with Gasteiger partial charge in [-0.2, -0.15) is 16.7 Å². The Morgan fingerprint density at radius 3 is 3.05 bits per heavy atom. The zero-order valence-electron chi connectivity index (χ0n) is 11.0. The van der Waals surface area contributed by atoms with E-state index in [1.54, 1.807) is 0 Å². The largest absolute Gasteiger partial charge is 0.375 e. The van der Waals surface area contributed by atoms with Crippen molar-refractivity contribution in [3.8, 4) is 11.5 Å². The first-order valence-electron chi connectivity index (χ1n) is 6.49. The van der Waals surface area contributed by atoms with Crippen LogP contribution in [-0.4, -0.2) is 32.4 Å². The lowest BCUT2D eigenvalue weighted by Gasteiger charge is -2.16. The summed E-state index contributed by atoms with van der Waals surface area (Å²) >= 11 is 5.31. The number of nitrogens with two attached hydrogens (primary N) is 1. The molecule has 0 spiro atoms. The minimum atomic E-state index is 0.337. The summed E-state index contributed by atoms with van der Waals surface area (Å²) in [5.41, 5.74) is 7.55. The van der Waals surface area contributed by atoms with Gasteiger partial charge in [0.15, 0.2) is 11.0 Å². The number of fused-ring (bicyclic) bond motifs is 1. The van der Waals surface area contributed by atoms with Gasteiger partial charge in [-0.25, -0.2) is 4.98 Å². The van der Waals surface area contributed by atoms with E-state index in [4.69, 9.17) is 10.3 Å². The fourth-order valence-corrected chi connectivity index (χ4v) is 5.56. The number of aromatic nitrogens is 3. The van der Waals surface area contributed by atoms with Crippen LogP contribution >= 0.6 is 34.9 Å². The van der Waals surface area contributed by atoms with E-state index in [2.05, 4.69) is 15.1 Å². The maximum Gasteiger partial charge on any atom is 0.258 e. The average molecular weight is 336 g/mol. The van der Waals surface area contributed by atoms with Crippen LogP contribution in [0.4, 0.5) is 5.13 Å². The smallest absolute Gasteiger partial charge is 0.258 e. The van der Waals surface area contributed by atoms with Gasteiger partial charge >= 0.3 is 0 Å². The van der Waals surface area contributed by atoms with E-state index in [-0.39, 0.29) is 0 Å². The molecule has 0 radical (unpaired) electrons. The standard InChI is InChI=1S/C13H12N4OS3/c14-13-15-8-2-1-7(5-9(8)21-13)12-16-11(17-18-12)10-6-19-3-4-20-10/h1-2,5,10H,3-4,6H2,(H2,14,15). The van der Waals surface area contributed by atoms with E-state index in [9.17, 15) is 0 Å². The van der Waals surface area contributed by atoms with Gasteiger partial charge < -0.3 is 10.3 Å². The number of hydrogen-bond donors (Lipinski definition) is 1. The van der Waals surface area contributed by atoms with Gasteiger partial charge in [-0.3, -0.25) is 0 Å². The molecule has 0 saturated carbocycles. The lowest BCUT2D eigenvalue weighted by Crippen LogP contribution is -2.07. The molecule has 8 heteroatoms. The highest BCUT2D eigenvalue weighted by Gasteiger charge is 2.22. The molecule has 0 aliphatic carbocycles. The van der Waals surface area contributed by atoms with Crippen LogP contribution in [0.3, 0.4) is 0 Å². The molecule has 0 amide bonds. The third-order valence-corrected chi connectivity index (χ3v) is 6.80. The Morgan fingerprint density at radius 2 is 2.19 bits per heavy atom. The highest BCUT2D eigenvalue weighted by molar-refractivity contribution is 8.06. The molecule has 1 fully saturated rings. The van der Waals surface area contributed by atoms with Crippen molar-refractivity contribution in [2.45, 2.75) is 5.25 Å². The Kier molecular flexibility index (Phi) is 3.52. The van der Waals surface area contributed by atoms with E-state index in [1.807, 2.05) is 41.7 Å². The van der Waals surface area contributed by atoms with Crippen molar-refractivity contribution in [3.63, 3.8) is 0 Å². The second-order valence-corrected chi connectivity index (χ2v) is 8.15. The predicted molar refractivity (Wildman–Crippen MR) is 89.8 cm³/mol. The second-order valence-electron chi connectivity index (χ2n) is 4.63. The van der Waals surface area contributed by atoms with Crippen LogP contribution in [0.25, 0.3) is 21.7 Å². The average Bonchev–Trinajstić information content (AvgIpc) is 3.12. The van der Waals surface area contributed by atoms with Gasteiger partial charge in [-0.1, -0.05) is 16.5 Å². The molecule has 1 aromatic carbocycles. The normalized spacial score (nSPS) is 19.1. The van der Waals surface area contributed by atoms with Crippen LogP contribution in [0.5, 0.6) is 0 Å². The zero-order valence-corrected chi connectivity index (χ0v) is 13.4. The summed E-state index contributed by atoms with van der Waals surface area (Å²) in [5, 5.41) is 5.05. The Balaban J connectivity index is 1.66. The fourth-order valence-electron chi connectivity index (χ4n) is 2.20. The lowest BCUT2D eigenvalue weighted by atomic mass is 10.2.